The molecule has 1 fully saturated rings. The number of benzene rings is 1. The van der Waals surface area contributed by atoms with Crippen LogP contribution in [0, 0.1) is 5.41 Å². The Morgan fingerprint density at radius 3 is 2.30 bits per heavy atom. The van der Waals surface area contributed by atoms with Gasteiger partial charge in [0.05, 0.1) is 6.61 Å². The molecule has 0 amide bonds. The fourth-order valence-corrected chi connectivity index (χ4v) is 3.73. The van der Waals surface area contributed by atoms with Crippen molar-refractivity contribution in [3.05, 3.63) is 29.8 Å². The van der Waals surface area contributed by atoms with Crippen LogP contribution >= 0.6 is 0 Å². The van der Waals surface area contributed by atoms with Crippen LogP contribution in [-0.4, -0.2) is 13.7 Å². The summed E-state index contributed by atoms with van der Waals surface area (Å²) in [5.41, 5.74) is 1.85. The van der Waals surface area contributed by atoms with Crippen LogP contribution in [0.4, 0.5) is 0 Å². The summed E-state index contributed by atoms with van der Waals surface area (Å²) in [6.45, 7) is 5.28. The average molecular weight is 275 g/mol. The third-order valence-corrected chi connectivity index (χ3v) is 4.89. The lowest BCUT2D eigenvalue weighted by molar-refractivity contribution is 0.195. The Balaban J connectivity index is 2.14. The fourth-order valence-electron chi connectivity index (χ4n) is 3.73. The van der Waals surface area contributed by atoms with Gasteiger partial charge in [-0.15, -0.1) is 0 Å². The lowest BCUT2D eigenvalue weighted by Crippen LogP contribution is -2.34. The maximum atomic E-state index is 5.68. The summed E-state index contributed by atoms with van der Waals surface area (Å²) in [4.78, 5) is 0. The third kappa shape index (κ3) is 3.17. The van der Waals surface area contributed by atoms with E-state index in [9.17, 15) is 0 Å². The van der Waals surface area contributed by atoms with Crippen molar-refractivity contribution in [2.75, 3.05) is 13.7 Å². The number of hydrogen-bond acceptors (Lipinski definition) is 2. The van der Waals surface area contributed by atoms with E-state index in [2.05, 4.69) is 50.5 Å². The Kier molecular flexibility index (Phi) is 5.47. The van der Waals surface area contributed by atoms with Crippen LogP contribution in [0.5, 0.6) is 5.75 Å². The quantitative estimate of drug-likeness (QED) is 0.778. The zero-order chi connectivity index (χ0) is 14.4. The summed E-state index contributed by atoms with van der Waals surface area (Å²) in [6.07, 6.45) is 7.77. The minimum atomic E-state index is 0.445. The summed E-state index contributed by atoms with van der Waals surface area (Å²) in [7, 11) is 2.10. The van der Waals surface area contributed by atoms with Gasteiger partial charge in [-0.05, 0) is 55.8 Å². The van der Waals surface area contributed by atoms with E-state index in [-0.39, 0.29) is 0 Å². The molecule has 1 aliphatic carbocycles. The standard InChI is InChI=1S/C18H29NO/c1-4-14-20-16-10-8-15(9-11-16)17(19-3)18(5-2)12-6-7-13-18/h8-11,17,19H,4-7,12-14H2,1-3H3. The van der Waals surface area contributed by atoms with Gasteiger partial charge in [0.1, 0.15) is 5.75 Å². The number of hydrogen-bond donors (Lipinski definition) is 1. The van der Waals surface area contributed by atoms with Gasteiger partial charge in [-0.2, -0.15) is 0 Å². The topological polar surface area (TPSA) is 21.3 Å². The fraction of sp³-hybridized carbons (Fsp3) is 0.667. The van der Waals surface area contributed by atoms with Crippen molar-refractivity contribution in [3.63, 3.8) is 0 Å². The van der Waals surface area contributed by atoms with Crippen molar-refractivity contribution in [1.82, 2.24) is 5.32 Å². The van der Waals surface area contributed by atoms with E-state index >= 15 is 0 Å². The minimum Gasteiger partial charge on any atom is -0.494 e. The molecule has 0 heterocycles. The first-order valence-corrected chi connectivity index (χ1v) is 8.16. The Labute approximate surface area is 123 Å². The maximum absolute atomic E-state index is 5.68. The molecule has 2 heteroatoms. The van der Waals surface area contributed by atoms with Gasteiger partial charge < -0.3 is 10.1 Å². The highest BCUT2D eigenvalue weighted by atomic mass is 16.5. The Hall–Kier alpha value is -1.02. The molecule has 0 radical (unpaired) electrons. The second-order valence-corrected chi connectivity index (χ2v) is 6.06. The highest BCUT2D eigenvalue weighted by molar-refractivity contribution is 5.30. The highest BCUT2D eigenvalue weighted by Gasteiger charge is 2.39. The van der Waals surface area contributed by atoms with Crippen molar-refractivity contribution in [2.45, 2.75) is 58.4 Å². The first kappa shape index (κ1) is 15.4. The molecule has 1 aromatic rings. The van der Waals surface area contributed by atoms with Crippen LogP contribution in [0.15, 0.2) is 24.3 Å². The van der Waals surface area contributed by atoms with Crippen LogP contribution in [-0.2, 0) is 0 Å². The monoisotopic (exact) mass is 275 g/mol. The van der Waals surface area contributed by atoms with E-state index < -0.39 is 0 Å². The Morgan fingerprint density at radius 2 is 1.80 bits per heavy atom. The van der Waals surface area contributed by atoms with Gasteiger partial charge in [0.2, 0.25) is 0 Å². The van der Waals surface area contributed by atoms with E-state index in [1.165, 1.54) is 37.7 Å². The normalized spacial score (nSPS) is 18.9. The van der Waals surface area contributed by atoms with Crippen LogP contribution in [0.2, 0.25) is 0 Å². The molecule has 20 heavy (non-hydrogen) atoms. The predicted octanol–water partition coefficient (Wildman–Crippen LogP) is 4.71. The molecule has 0 aromatic heterocycles. The van der Waals surface area contributed by atoms with Gasteiger partial charge in [-0.1, -0.05) is 38.8 Å². The van der Waals surface area contributed by atoms with Crippen LogP contribution in [0.25, 0.3) is 0 Å². The SMILES string of the molecule is CCCOc1ccc(C(NC)C2(CC)CCCC2)cc1. The van der Waals surface area contributed by atoms with Gasteiger partial charge in [-0.25, -0.2) is 0 Å². The Morgan fingerprint density at radius 1 is 1.15 bits per heavy atom. The van der Waals surface area contributed by atoms with E-state index in [1.54, 1.807) is 0 Å². The molecule has 1 aliphatic rings. The van der Waals surface area contributed by atoms with Crippen LogP contribution < -0.4 is 10.1 Å². The lowest BCUT2D eigenvalue weighted by Gasteiger charge is -2.37. The zero-order valence-electron chi connectivity index (χ0n) is 13.2. The Bertz CT molecular complexity index is 392. The number of rotatable bonds is 7. The molecule has 1 atom stereocenters. The molecular weight excluding hydrogens is 246 g/mol. The van der Waals surface area contributed by atoms with Gasteiger partial charge in [0, 0.05) is 6.04 Å². The van der Waals surface area contributed by atoms with Crippen molar-refractivity contribution < 1.29 is 4.74 Å². The van der Waals surface area contributed by atoms with Crippen molar-refractivity contribution in [3.8, 4) is 5.75 Å². The largest absolute Gasteiger partial charge is 0.494 e. The summed E-state index contributed by atoms with van der Waals surface area (Å²) < 4.78 is 5.68. The minimum absolute atomic E-state index is 0.445. The zero-order valence-corrected chi connectivity index (χ0v) is 13.2. The average Bonchev–Trinajstić information content (AvgIpc) is 2.97. The lowest BCUT2D eigenvalue weighted by atomic mass is 9.73. The van der Waals surface area contributed by atoms with E-state index in [4.69, 9.17) is 4.74 Å². The summed E-state index contributed by atoms with van der Waals surface area (Å²) >= 11 is 0. The molecule has 1 N–H and O–H groups in total. The summed E-state index contributed by atoms with van der Waals surface area (Å²) in [6, 6.07) is 9.18. The van der Waals surface area contributed by atoms with Crippen LogP contribution in [0.1, 0.15) is 64.0 Å². The molecule has 112 valence electrons. The predicted molar refractivity (Wildman–Crippen MR) is 85.2 cm³/mol. The van der Waals surface area contributed by atoms with Crippen LogP contribution in [0.3, 0.4) is 0 Å². The molecule has 0 spiro atoms. The van der Waals surface area contributed by atoms with E-state index in [1.807, 2.05) is 0 Å². The second-order valence-electron chi connectivity index (χ2n) is 6.06. The molecule has 2 rings (SSSR count). The van der Waals surface area contributed by atoms with Crippen molar-refractivity contribution >= 4 is 0 Å². The molecule has 0 saturated heterocycles. The molecule has 1 unspecified atom stereocenters. The van der Waals surface area contributed by atoms with Gasteiger partial charge in [-0.3, -0.25) is 0 Å². The molecular formula is C18H29NO. The first-order valence-electron chi connectivity index (χ1n) is 8.16. The second kappa shape index (κ2) is 7.12. The summed E-state index contributed by atoms with van der Waals surface area (Å²) in [5, 5.41) is 3.57. The van der Waals surface area contributed by atoms with Gasteiger partial charge in [0.15, 0.2) is 0 Å². The maximum Gasteiger partial charge on any atom is 0.119 e. The van der Waals surface area contributed by atoms with Crippen molar-refractivity contribution in [1.29, 1.82) is 0 Å². The van der Waals surface area contributed by atoms with Crippen molar-refractivity contribution in [2.24, 2.45) is 5.41 Å². The van der Waals surface area contributed by atoms with E-state index in [0.29, 0.717) is 11.5 Å². The highest BCUT2D eigenvalue weighted by Crippen LogP contribution is 2.49. The number of nitrogens with one attached hydrogen (secondary N) is 1. The summed E-state index contributed by atoms with van der Waals surface area (Å²) in [5.74, 6) is 0.988. The third-order valence-electron chi connectivity index (χ3n) is 4.89. The number of ether oxygens (including phenoxy) is 1. The molecule has 1 aromatic carbocycles. The van der Waals surface area contributed by atoms with Gasteiger partial charge in [0.25, 0.3) is 0 Å². The van der Waals surface area contributed by atoms with E-state index in [0.717, 1.165) is 18.8 Å². The molecule has 0 bridgehead atoms. The van der Waals surface area contributed by atoms with Gasteiger partial charge >= 0.3 is 0 Å². The smallest absolute Gasteiger partial charge is 0.119 e. The molecule has 1 saturated carbocycles. The molecule has 0 aliphatic heterocycles. The first-order chi connectivity index (χ1) is 9.75. The molecule has 2 nitrogen and oxygen atoms in total.